The smallest absolute Gasteiger partial charge is 0.266 e. The summed E-state index contributed by atoms with van der Waals surface area (Å²) in [5.41, 5.74) is 7.61. The van der Waals surface area contributed by atoms with Crippen LogP contribution in [-0.2, 0) is 4.79 Å². The third-order valence-corrected chi connectivity index (χ3v) is 6.05. The van der Waals surface area contributed by atoms with Crippen LogP contribution in [0.15, 0.2) is 65.3 Å². The Morgan fingerprint density at radius 1 is 1.00 bits per heavy atom. The Labute approximate surface area is 201 Å². The Morgan fingerprint density at radius 3 is 2.38 bits per heavy atom. The van der Waals surface area contributed by atoms with Gasteiger partial charge in [-0.05, 0) is 71.1 Å². The van der Waals surface area contributed by atoms with Gasteiger partial charge >= 0.3 is 0 Å². The van der Waals surface area contributed by atoms with Crippen molar-refractivity contribution in [3.63, 3.8) is 0 Å². The van der Waals surface area contributed by atoms with Crippen LogP contribution in [-0.4, -0.2) is 39.5 Å². The number of hydrazine groups is 1. The van der Waals surface area contributed by atoms with E-state index in [-0.39, 0.29) is 28.4 Å². The van der Waals surface area contributed by atoms with E-state index in [0.717, 1.165) is 31.3 Å². The van der Waals surface area contributed by atoms with E-state index in [1.54, 1.807) is 17.2 Å². The van der Waals surface area contributed by atoms with Gasteiger partial charge in [-0.15, -0.1) is 0 Å². The zero-order valence-corrected chi connectivity index (χ0v) is 20.4. The first-order valence-corrected chi connectivity index (χ1v) is 11.7. The fraction of sp³-hybridized carbons (Fsp3) is 0.357. The highest BCUT2D eigenvalue weighted by atomic mass is 16.3. The molecule has 6 nitrogen and oxygen atoms in total. The lowest BCUT2D eigenvalue weighted by Crippen LogP contribution is -2.50. The van der Waals surface area contributed by atoms with Gasteiger partial charge in [0.2, 0.25) is 0 Å². The summed E-state index contributed by atoms with van der Waals surface area (Å²) in [5.74, 6) is -1.11. The van der Waals surface area contributed by atoms with Gasteiger partial charge in [-0.1, -0.05) is 47.1 Å². The van der Waals surface area contributed by atoms with Crippen LogP contribution in [0.4, 0.5) is 0 Å². The van der Waals surface area contributed by atoms with Gasteiger partial charge in [-0.2, -0.15) is 0 Å². The summed E-state index contributed by atoms with van der Waals surface area (Å²) in [5, 5.41) is 22.0. The summed E-state index contributed by atoms with van der Waals surface area (Å²) in [6.07, 6.45) is 15.3. The van der Waals surface area contributed by atoms with E-state index in [1.165, 1.54) is 29.4 Å². The fourth-order valence-electron chi connectivity index (χ4n) is 4.22. The molecule has 1 amide bonds. The van der Waals surface area contributed by atoms with Crippen molar-refractivity contribution < 1.29 is 19.8 Å². The third kappa shape index (κ3) is 6.14. The molecule has 1 heterocycles. The van der Waals surface area contributed by atoms with Crippen LogP contribution in [0.5, 0.6) is 11.5 Å². The number of phenolic OH excluding ortho intramolecular Hbond substituents is 2. The first-order chi connectivity index (χ1) is 16.2. The Balaban J connectivity index is 1.73. The lowest BCUT2D eigenvalue weighted by atomic mass is 9.88. The van der Waals surface area contributed by atoms with Crippen LogP contribution in [0.1, 0.15) is 69.3 Å². The fourth-order valence-corrected chi connectivity index (χ4v) is 4.22. The Hall–Kier alpha value is -3.38. The molecule has 0 bridgehead atoms. The molecule has 3 rings (SSSR count). The molecular formula is C28H34N2O4. The summed E-state index contributed by atoms with van der Waals surface area (Å²) in [6, 6.07) is 1.73. The molecule has 1 aromatic rings. The number of ketones is 1. The summed E-state index contributed by atoms with van der Waals surface area (Å²) < 4.78 is 0. The van der Waals surface area contributed by atoms with Crippen molar-refractivity contribution in [3.05, 3.63) is 76.4 Å². The van der Waals surface area contributed by atoms with E-state index in [2.05, 4.69) is 38.3 Å². The number of fused-ring (bicyclic) bond motifs is 3. The minimum Gasteiger partial charge on any atom is -0.508 e. The SMILES string of the molecule is CC(C)=CCCC(C)=CCCC(C)=CCN1NC(=O)c2cc(O)cc(O)c2C2=CC=CC(=O)C21. The van der Waals surface area contributed by atoms with E-state index >= 15 is 0 Å². The van der Waals surface area contributed by atoms with E-state index < -0.39 is 11.9 Å². The van der Waals surface area contributed by atoms with Gasteiger partial charge < -0.3 is 10.2 Å². The molecule has 3 N–H and O–H groups in total. The first kappa shape index (κ1) is 25.2. The number of amides is 1. The minimum absolute atomic E-state index is 0.133. The van der Waals surface area contributed by atoms with Crippen LogP contribution in [0.3, 0.4) is 0 Å². The lowest BCUT2D eigenvalue weighted by Gasteiger charge is -2.30. The maximum atomic E-state index is 12.9. The highest BCUT2D eigenvalue weighted by Crippen LogP contribution is 2.38. The van der Waals surface area contributed by atoms with Crippen molar-refractivity contribution in [1.29, 1.82) is 0 Å². The first-order valence-electron chi connectivity index (χ1n) is 11.7. The van der Waals surface area contributed by atoms with Crippen LogP contribution in [0.25, 0.3) is 5.57 Å². The Morgan fingerprint density at radius 2 is 1.68 bits per heavy atom. The van der Waals surface area contributed by atoms with Gasteiger partial charge in [0.25, 0.3) is 5.91 Å². The van der Waals surface area contributed by atoms with Gasteiger partial charge in [0, 0.05) is 18.2 Å². The van der Waals surface area contributed by atoms with Crippen molar-refractivity contribution >= 4 is 17.3 Å². The minimum atomic E-state index is -0.757. The van der Waals surface area contributed by atoms with Gasteiger partial charge in [-0.3, -0.25) is 15.0 Å². The van der Waals surface area contributed by atoms with Crippen LogP contribution < -0.4 is 5.43 Å². The molecule has 6 heteroatoms. The number of allylic oxidation sites excluding steroid dienone is 7. The van der Waals surface area contributed by atoms with Crippen molar-refractivity contribution in [3.8, 4) is 11.5 Å². The third-order valence-electron chi connectivity index (χ3n) is 6.05. The summed E-state index contributed by atoms with van der Waals surface area (Å²) in [4.78, 5) is 25.7. The number of rotatable bonds is 8. The summed E-state index contributed by atoms with van der Waals surface area (Å²) in [6.45, 7) is 8.76. The van der Waals surface area contributed by atoms with E-state index in [9.17, 15) is 19.8 Å². The number of hydrogen-bond acceptors (Lipinski definition) is 5. The average molecular weight is 463 g/mol. The molecule has 0 saturated carbocycles. The van der Waals surface area contributed by atoms with Gasteiger partial charge in [0.1, 0.15) is 17.5 Å². The second kappa shape index (κ2) is 11.2. The van der Waals surface area contributed by atoms with Gasteiger partial charge in [-0.25, -0.2) is 5.01 Å². The van der Waals surface area contributed by atoms with Crippen molar-refractivity contribution in [2.45, 2.75) is 59.4 Å². The maximum Gasteiger partial charge on any atom is 0.266 e. The molecule has 1 aliphatic heterocycles. The number of aromatic hydroxyl groups is 2. The molecule has 0 fully saturated rings. The molecule has 2 aliphatic rings. The summed E-state index contributed by atoms with van der Waals surface area (Å²) in [7, 11) is 0. The predicted molar refractivity (Wildman–Crippen MR) is 135 cm³/mol. The predicted octanol–water partition coefficient (Wildman–Crippen LogP) is 5.37. The molecule has 34 heavy (non-hydrogen) atoms. The van der Waals surface area contributed by atoms with Crippen LogP contribution >= 0.6 is 0 Å². The molecule has 0 aromatic heterocycles. The zero-order chi connectivity index (χ0) is 24.8. The van der Waals surface area contributed by atoms with Crippen molar-refractivity contribution in [2.24, 2.45) is 0 Å². The Kier molecular flexibility index (Phi) is 8.29. The number of nitrogens with zero attached hydrogens (tertiary/aromatic N) is 1. The van der Waals surface area contributed by atoms with E-state index in [1.807, 2.05) is 13.0 Å². The zero-order valence-electron chi connectivity index (χ0n) is 20.4. The summed E-state index contributed by atoms with van der Waals surface area (Å²) >= 11 is 0. The van der Waals surface area contributed by atoms with Crippen LogP contribution in [0.2, 0.25) is 0 Å². The van der Waals surface area contributed by atoms with Crippen molar-refractivity contribution in [1.82, 2.24) is 10.4 Å². The molecule has 0 spiro atoms. The molecule has 0 saturated heterocycles. The normalized spacial score (nSPS) is 18.6. The Bertz CT molecular complexity index is 1120. The second-order valence-electron chi connectivity index (χ2n) is 9.23. The molecule has 1 aromatic carbocycles. The van der Waals surface area contributed by atoms with Crippen LogP contribution in [0, 0.1) is 0 Å². The lowest BCUT2D eigenvalue weighted by molar-refractivity contribution is -0.118. The topological polar surface area (TPSA) is 89.9 Å². The highest BCUT2D eigenvalue weighted by Gasteiger charge is 2.37. The van der Waals surface area contributed by atoms with Crippen molar-refractivity contribution in [2.75, 3.05) is 6.54 Å². The molecule has 0 radical (unpaired) electrons. The molecule has 1 unspecified atom stereocenters. The second-order valence-corrected chi connectivity index (χ2v) is 9.23. The maximum absolute atomic E-state index is 12.9. The van der Waals surface area contributed by atoms with Gasteiger partial charge in [0.15, 0.2) is 5.78 Å². The van der Waals surface area contributed by atoms with E-state index in [4.69, 9.17) is 0 Å². The number of carbonyl (C=O) groups is 2. The number of nitrogens with one attached hydrogen (secondary N) is 1. The van der Waals surface area contributed by atoms with E-state index in [0.29, 0.717) is 12.1 Å². The molecule has 1 aliphatic carbocycles. The quantitative estimate of drug-likeness (QED) is 0.452. The number of phenols is 2. The molecular weight excluding hydrogens is 428 g/mol. The average Bonchev–Trinajstić information content (AvgIpc) is 2.87. The highest BCUT2D eigenvalue weighted by molar-refractivity contribution is 6.11. The molecule has 180 valence electrons. The monoisotopic (exact) mass is 462 g/mol. The molecule has 1 atom stereocenters. The number of hydrogen-bond donors (Lipinski definition) is 3. The number of benzene rings is 1. The number of carbonyl (C=O) groups excluding carboxylic acids is 2. The van der Waals surface area contributed by atoms with Gasteiger partial charge in [0.05, 0.1) is 5.56 Å². The standard InChI is InChI=1S/C28H34N2O4/c1-18(2)8-5-9-19(3)10-6-11-20(4)14-15-30-27-22(12-7-13-24(27)32)26-23(28(34)29-30)16-21(31)17-25(26)33/h7-8,10,12-14,16-17,27,31,33H,5-6,9,11,15H2,1-4H3,(H,29,34). The largest absolute Gasteiger partial charge is 0.508 e.